The zero-order valence-electron chi connectivity index (χ0n) is 12.6. The fourth-order valence-corrected chi connectivity index (χ4v) is 3.17. The Morgan fingerprint density at radius 1 is 1.38 bits per heavy atom. The van der Waals surface area contributed by atoms with Crippen molar-refractivity contribution in [3.8, 4) is 0 Å². The van der Waals surface area contributed by atoms with Gasteiger partial charge >= 0.3 is 0 Å². The summed E-state index contributed by atoms with van der Waals surface area (Å²) in [5, 5.41) is 13.6. The first-order chi connectivity index (χ1) is 9.90. The van der Waals surface area contributed by atoms with Crippen molar-refractivity contribution >= 4 is 27.5 Å². The molecule has 0 aliphatic rings. The number of carbonyl (C=O) groups excluding carboxylic acids is 1. The molecule has 0 aromatic heterocycles. The number of nitro benzene ring substituents is 1. The molecule has 0 fully saturated rings. The third-order valence-corrected chi connectivity index (χ3v) is 4.74. The number of benzene rings is 1. The molecule has 0 saturated carbocycles. The Morgan fingerprint density at radius 3 is 2.48 bits per heavy atom. The molecule has 5 nitrogen and oxygen atoms in total. The lowest BCUT2D eigenvalue weighted by Gasteiger charge is -2.19. The molecule has 21 heavy (non-hydrogen) atoms. The zero-order valence-corrected chi connectivity index (χ0v) is 14.1. The van der Waals surface area contributed by atoms with Gasteiger partial charge < -0.3 is 5.32 Å². The number of alkyl halides is 1. The van der Waals surface area contributed by atoms with Gasteiger partial charge in [0.15, 0.2) is 0 Å². The van der Waals surface area contributed by atoms with Gasteiger partial charge in [-0.2, -0.15) is 0 Å². The van der Waals surface area contributed by atoms with E-state index < -0.39 is 4.92 Å². The molecule has 0 radical (unpaired) electrons. The summed E-state index contributed by atoms with van der Waals surface area (Å²) in [5.74, 6) is 0.312. The smallest absolute Gasteiger partial charge is 0.272 e. The number of carbonyl (C=O) groups is 1. The molecule has 6 heteroatoms. The number of hydrogen-bond acceptors (Lipinski definition) is 3. The van der Waals surface area contributed by atoms with E-state index in [1.165, 1.54) is 12.1 Å². The van der Waals surface area contributed by atoms with Crippen LogP contribution in [0.4, 0.5) is 5.69 Å². The topological polar surface area (TPSA) is 72.2 Å². The number of nitro groups is 1. The molecule has 116 valence electrons. The van der Waals surface area contributed by atoms with Crippen LogP contribution in [0.25, 0.3) is 0 Å². The highest BCUT2D eigenvalue weighted by molar-refractivity contribution is 9.09. The summed E-state index contributed by atoms with van der Waals surface area (Å²) >= 11 is 3.61. The Bertz CT molecular complexity index is 516. The summed E-state index contributed by atoms with van der Waals surface area (Å²) in [6, 6.07) is 4.41. The fourth-order valence-electron chi connectivity index (χ4n) is 2.26. The van der Waals surface area contributed by atoms with Crippen molar-refractivity contribution in [2.75, 3.05) is 6.54 Å². The summed E-state index contributed by atoms with van der Waals surface area (Å²) in [4.78, 5) is 22.6. The lowest BCUT2D eigenvalue weighted by Crippen LogP contribution is -2.32. The first-order valence-corrected chi connectivity index (χ1v) is 7.99. The molecule has 1 rings (SSSR count). The minimum absolute atomic E-state index is 0.0296. The third kappa shape index (κ3) is 4.81. The van der Waals surface area contributed by atoms with Gasteiger partial charge in [0.1, 0.15) is 0 Å². The highest BCUT2D eigenvalue weighted by Gasteiger charge is 2.18. The normalized spacial score (nSPS) is 12.2. The van der Waals surface area contributed by atoms with Crippen molar-refractivity contribution in [2.24, 2.45) is 5.92 Å². The van der Waals surface area contributed by atoms with E-state index in [1.54, 1.807) is 13.0 Å². The molecular formula is C15H21BrN2O3. The Hall–Kier alpha value is -1.43. The van der Waals surface area contributed by atoms with E-state index in [4.69, 9.17) is 0 Å². The number of hydrogen-bond donors (Lipinski definition) is 1. The van der Waals surface area contributed by atoms with E-state index in [9.17, 15) is 14.9 Å². The summed E-state index contributed by atoms with van der Waals surface area (Å²) in [5.41, 5.74) is 0.965. The molecule has 1 atom stereocenters. The molecule has 0 aliphatic heterocycles. The standard InChI is InChI=1S/C15H21BrN2O3/c1-4-11(5-2)13(16)9-17-15(19)12-6-7-14(18(20)21)10(3)8-12/h6-8,11,13H,4-5,9H2,1-3H3,(H,17,19). The number of nitrogens with zero attached hydrogens (tertiary/aromatic N) is 1. The Balaban J connectivity index is 2.68. The minimum atomic E-state index is -0.446. The molecule has 1 unspecified atom stereocenters. The highest BCUT2D eigenvalue weighted by Crippen LogP contribution is 2.20. The maximum atomic E-state index is 12.1. The van der Waals surface area contributed by atoms with Crippen LogP contribution in [0.1, 0.15) is 42.6 Å². The van der Waals surface area contributed by atoms with Crippen molar-refractivity contribution in [2.45, 2.75) is 38.4 Å². The first kappa shape index (κ1) is 17.6. The van der Waals surface area contributed by atoms with Crippen molar-refractivity contribution in [3.63, 3.8) is 0 Å². The van der Waals surface area contributed by atoms with Gasteiger partial charge in [-0.3, -0.25) is 14.9 Å². The summed E-state index contributed by atoms with van der Waals surface area (Å²) in [6.07, 6.45) is 2.11. The van der Waals surface area contributed by atoms with Crippen molar-refractivity contribution < 1.29 is 9.72 Å². The van der Waals surface area contributed by atoms with Gasteiger partial charge in [0.05, 0.1) is 4.92 Å². The number of halogens is 1. The maximum Gasteiger partial charge on any atom is 0.272 e. The van der Waals surface area contributed by atoms with Crippen LogP contribution in [-0.2, 0) is 0 Å². The van der Waals surface area contributed by atoms with Gasteiger partial charge in [-0.25, -0.2) is 0 Å². The van der Waals surface area contributed by atoms with Gasteiger partial charge in [0, 0.05) is 28.6 Å². The molecular weight excluding hydrogens is 336 g/mol. The fraction of sp³-hybridized carbons (Fsp3) is 0.533. The quantitative estimate of drug-likeness (QED) is 0.458. The molecule has 1 aromatic rings. The lowest BCUT2D eigenvalue weighted by molar-refractivity contribution is -0.385. The molecule has 0 aliphatic carbocycles. The monoisotopic (exact) mass is 356 g/mol. The Morgan fingerprint density at radius 2 is 2.00 bits per heavy atom. The van der Waals surface area contributed by atoms with Crippen LogP contribution >= 0.6 is 15.9 Å². The average Bonchev–Trinajstić information content (AvgIpc) is 2.45. The molecule has 1 amide bonds. The van der Waals surface area contributed by atoms with Crippen LogP contribution in [0.3, 0.4) is 0 Å². The zero-order chi connectivity index (χ0) is 16.0. The molecule has 0 bridgehead atoms. The lowest BCUT2D eigenvalue weighted by atomic mass is 9.99. The summed E-state index contributed by atoms with van der Waals surface area (Å²) in [7, 11) is 0. The van der Waals surface area contributed by atoms with Gasteiger partial charge in [-0.15, -0.1) is 0 Å². The second-order valence-corrected chi connectivity index (χ2v) is 6.24. The van der Waals surface area contributed by atoms with E-state index in [-0.39, 0.29) is 16.4 Å². The summed E-state index contributed by atoms with van der Waals surface area (Å²) in [6.45, 7) is 6.43. The Kier molecular flexibility index (Phi) is 6.81. The number of amides is 1. The second kappa shape index (κ2) is 8.12. The van der Waals surface area contributed by atoms with E-state index in [1.807, 2.05) is 0 Å². The van der Waals surface area contributed by atoms with Gasteiger partial charge in [0.2, 0.25) is 0 Å². The van der Waals surface area contributed by atoms with E-state index in [0.29, 0.717) is 23.6 Å². The molecule has 0 saturated heterocycles. The molecule has 1 N–H and O–H groups in total. The molecule has 1 aromatic carbocycles. The number of aryl methyl sites for hydroxylation is 1. The third-order valence-electron chi connectivity index (χ3n) is 3.67. The predicted octanol–water partition coefficient (Wildman–Crippen LogP) is 3.83. The van der Waals surface area contributed by atoms with Crippen LogP contribution in [0.15, 0.2) is 18.2 Å². The number of rotatable bonds is 7. The van der Waals surface area contributed by atoms with Crippen LogP contribution in [0.5, 0.6) is 0 Å². The largest absolute Gasteiger partial charge is 0.351 e. The van der Waals surface area contributed by atoms with Gasteiger partial charge in [-0.1, -0.05) is 42.6 Å². The maximum absolute atomic E-state index is 12.1. The predicted molar refractivity (Wildman–Crippen MR) is 87.0 cm³/mol. The SMILES string of the molecule is CCC(CC)C(Br)CNC(=O)c1ccc([N+](=O)[O-])c(C)c1. The summed E-state index contributed by atoms with van der Waals surface area (Å²) < 4.78 is 0. The van der Waals surface area contributed by atoms with Gasteiger partial charge in [-0.05, 0) is 25.0 Å². The highest BCUT2D eigenvalue weighted by atomic mass is 79.9. The Labute approximate surface area is 133 Å². The van der Waals surface area contributed by atoms with Crippen LogP contribution in [-0.4, -0.2) is 22.2 Å². The number of nitrogens with one attached hydrogen (secondary N) is 1. The molecule has 0 heterocycles. The van der Waals surface area contributed by atoms with Crippen molar-refractivity contribution in [3.05, 3.63) is 39.4 Å². The van der Waals surface area contributed by atoms with Crippen molar-refractivity contribution in [1.82, 2.24) is 5.32 Å². The second-order valence-electron chi connectivity index (χ2n) is 5.06. The van der Waals surface area contributed by atoms with Crippen LogP contribution in [0, 0.1) is 23.0 Å². The van der Waals surface area contributed by atoms with E-state index in [2.05, 4.69) is 35.1 Å². The van der Waals surface area contributed by atoms with Crippen LogP contribution < -0.4 is 5.32 Å². The minimum Gasteiger partial charge on any atom is -0.351 e. The first-order valence-electron chi connectivity index (χ1n) is 7.07. The van der Waals surface area contributed by atoms with Gasteiger partial charge in [0.25, 0.3) is 11.6 Å². The van der Waals surface area contributed by atoms with Crippen LogP contribution in [0.2, 0.25) is 0 Å². The van der Waals surface area contributed by atoms with E-state index in [0.717, 1.165) is 12.8 Å². The van der Waals surface area contributed by atoms with E-state index >= 15 is 0 Å². The average molecular weight is 357 g/mol. The molecule has 0 spiro atoms. The van der Waals surface area contributed by atoms with Crippen molar-refractivity contribution in [1.29, 1.82) is 0 Å².